The number of amides is 1. The van der Waals surface area contributed by atoms with E-state index in [9.17, 15) is 14.3 Å². The van der Waals surface area contributed by atoms with Gasteiger partial charge < -0.3 is 14.6 Å². The topological polar surface area (TPSA) is 58.4 Å². The predicted molar refractivity (Wildman–Crippen MR) is 65.0 cm³/mol. The zero-order chi connectivity index (χ0) is 13.4. The molecule has 1 aliphatic rings. The minimum Gasteiger partial charge on any atom is -0.507 e. The van der Waals surface area contributed by atoms with Crippen molar-refractivity contribution < 1.29 is 14.3 Å². The summed E-state index contributed by atoms with van der Waals surface area (Å²) in [6.45, 7) is 1.41. The number of aromatic nitrogens is 2. The fourth-order valence-corrected chi connectivity index (χ4v) is 2.23. The van der Waals surface area contributed by atoms with Crippen molar-refractivity contribution in [3.63, 3.8) is 0 Å². The van der Waals surface area contributed by atoms with Crippen molar-refractivity contribution >= 4 is 5.91 Å². The van der Waals surface area contributed by atoms with Gasteiger partial charge in [-0.05, 0) is 12.1 Å². The summed E-state index contributed by atoms with van der Waals surface area (Å²) in [6, 6.07) is 3.84. The molecule has 0 unspecified atom stereocenters. The summed E-state index contributed by atoms with van der Waals surface area (Å²) in [4.78, 5) is 17.9. The van der Waals surface area contributed by atoms with Gasteiger partial charge in [0.05, 0.1) is 6.54 Å². The van der Waals surface area contributed by atoms with Crippen LogP contribution in [0.4, 0.5) is 4.39 Å². The molecule has 2 heterocycles. The first-order chi connectivity index (χ1) is 9.16. The Hall–Kier alpha value is -2.37. The largest absolute Gasteiger partial charge is 0.507 e. The van der Waals surface area contributed by atoms with E-state index in [1.807, 2.05) is 10.8 Å². The monoisotopic (exact) mass is 261 g/mol. The van der Waals surface area contributed by atoms with E-state index in [1.54, 1.807) is 6.20 Å². The predicted octanol–water partition coefficient (Wildman–Crippen LogP) is 1.38. The number of nitrogens with zero attached hydrogens (tertiary/aromatic N) is 3. The maximum atomic E-state index is 13.7. The standard InChI is InChI=1S/C13H12FN3O2/c14-9-2-1-3-10(18)12(9)13(19)17-7-6-16-5-4-15-11(16)8-17/h1-5,18H,6-8H2. The van der Waals surface area contributed by atoms with Crippen LogP contribution >= 0.6 is 0 Å². The van der Waals surface area contributed by atoms with Crippen molar-refractivity contribution in [2.45, 2.75) is 13.1 Å². The van der Waals surface area contributed by atoms with E-state index in [0.717, 1.165) is 11.9 Å². The van der Waals surface area contributed by atoms with E-state index in [2.05, 4.69) is 4.98 Å². The number of rotatable bonds is 1. The first-order valence-corrected chi connectivity index (χ1v) is 5.93. The molecule has 98 valence electrons. The summed E-state index contributed by atoms with van der Waals surface area (Å²) in [6.07, 6.45) is 3.52. The van der Waals surface area contributed by atoms with E-state index in [4.69, 9.17) is 0 Å². The molecule has 3 rings (SSSR count). The van der Waals surface area contributed by atoms with Crippen LogP contribution in [-0.4, -0.2) is 32.0 Å². The number of phenols is 1. The third-order valence-electron chi connectivity index (χ3n) is 3.24. The van der Waals surface area contributed by atoms with Gasteiger partial charge in [-0.15, -0.1) is 0 Å². The molecule has 0 bridgehead atoms. The fourth-order valence-electron chi connectivity index (χ4n) is 2.23. The third-order valence-corrected chi connectivity index (χ3v) is 3.24. The molecule has 0 atom stereocenters. The number of phenolic OH excluding ortho intramolecular Hbond substituents is 1. The maximum Gasteiger partial charge on any atom is 0.261 e. The molecule has 19 heavy (non-hydrogen) atoms. The highest BCUT2D eigenvalue weighted by atomic mass is 19.1. The summed E-state index contributed by atoms with van der Waals surface area (Å²) >= 11 is 0. The van der Waals surface area contributed by atoms with E-state index >= 15 is 0 Å². The second-order valence-corrected chi connectivity index (χ2v) is 4.40. The van der Waals surface area contributed by atoms with Crippen LogP contribution in [0.15, 0.2) is 30.6 Å². The van der Waals surface area contributed by atoms with Gasteiger partial charge in [-0.1, -0.05) is 6.07 Å². The number of carbonyl (C=O) groups excluding carboxylic acids is 1. The summed E-state index contributed by atoms with van der Waals surface area (Å²) in [7, 11) is 0. The molecule has 1 aromatic carbocycles. The Labute approximate surface area is 108 Å². The molecule has 1 amide bonds. The molecule has 1 aliphatic heterocycles. The molecule has 0 aliphatic carbocycles. The van der Waals surface area contributed by atoms with Crippen molar-refractivity contribution in [2.24, 2.45) is 0 Å². The molecule has 5 nitrogen and oxygen atoms in total. The zero-order valence-electron chi connectivity index (χ0n) is 10.1. The summed E-state index contributed by atoms with van der Waals surface area (Å²) in [5, 5.41) is 9.64. The van der Waals surface area contributed by atoms with Gasteiger partial charge >= 0.3 is 0 Å². The quantitative estimate of drug-likeness (QED) is 0.843. The molecule has 0 saturated carbocycles. The number of aromatic hydroxyl groups is 1. The Bertz CT molecular complexity index is 618. The van der Waals surface area contributed by atoms with Gasteiger partial charge in [-0.25, -0.2) is 9.37 Å². The number of imidazole rings is 1. The minimum atomic E-state index is -0.709. The van der Waals surface area contributed by atoms with Crippen molar-refractivity contribution in [1.29, 1.82) is 0 Å². The van der Waals surface area contributed by atoms with Gasteiger partial charge in [0.2, 0.25) is 0 Å². The Morgan fingerprint density at radius 3 is 3.00 bits per heavy atom. The lowest BCUT2D eigenvalue weighted by Gasteiger charge is -2.28. The Morgan fingerprint density at radius 1 is 1.37 bits per heavy atom. The molecule has 0 saturated heterocycles. The van der Waals surface area contributed by atoms with Crippen LogP contribution in [0.2, 0.25) is 0 Å². The molecule has 1 N–H and O–H groups in total. The van der Waals surface area contributed by atoms with Crippen LogP contribution in [-0.2, 0) is 13.1 Å². The van der Waals surface area contributed by atoms with Crippen LogP contribution in [0, 0.1) is 5.82 Å². The van der Waals surface area contributed by atoms with Gasteiger partial charge in [0.25, 0.3) is 5.91 Å². The molecule has 1 aromatic heterocycles. The van der Waals surface area contributed by atoms with E-state index in [0.29, 0.717) is 19.6 Å². The lowest BCUT2D eigenvalue weighted by molar-refractivity contribution is 0.0699. The lowest BCUT2D eigenvalue weighted by Crippen LogP contribution is -2.38. The van der Waals surface area contributed by atoms with Crippen LogP contribution in [0.3, 0.4) is 0 Å². The number of benzene rings is 1. The minimum absolute atomic E-state index is 0.275. The molecule has 2 aromatic rings. The number of carbonyl (C=O) groups is 1. The molecule has 0 fully saturated rings. The summed E-state index contributed by atoms with van der Waals surface area (Å²) in [5.74, 6) is -0.793. The highest BCUT2D eigenvalue weighted by Gasteiger charge is 2.26. The fraction of sp³-hybridized carbons (Fsp3) is 0.231. The maximum absolute atomic E-state index is 13.7. The highest BCUT2D eigenvalue weighted by molar-refractivity contribution is 5.97. The Morgan fingerprint density at radius 2 is 2.21 bits per heavy atom. The van der Waals surface area contributed by atoms with Crippen LogP contribution in [0.5, 0.6) is 5.75 Å². The number of halogens is 1. The molecular formula is C13H12FN3O2. The second kappa shape index (κ2) is 4.38. The normalized spacial score (nSPS) is 14.3. The number of fused-ring (bicyclic) bond motifs is 1. The second-order valence-electron chi connectivity index (χ2n) is 4.40. The summed E-state index contributed by atoms with van der Waals surface area (Å²) in [5.41, 5.74) is -0.275. The van der Waals surface area contributed by atoms with E-state index < -0.39 is 11.7 Å². The molecule has 0 spiro atoms. The highest BCUT2D eigenvalue weighted by Crippen LogP contribution is 2.23. The van der Waals surface area contributed by atoms with Gasteiger partial charge in [-0.2, -0.15) is 0 Å². The SMILES string of the molecule is O=C(c1c(O)cccc1F)N1CCn2ccnc2C1. The van der Waals surface area contributed by atoms with E-state index in [-0.39, 0.29) is 11.3 Å². The van der Waals surface area contributed by atoms with Crippen molar-refractivity contribution in [3.8, 4) is 5.75 Å². The lowest BCUT2D eigenvalue weighted by atomic mass is 10.1. The first kappa shape index (κ1) is 11.7. The van der Waals surface area contributed by atoms with Crippen LogP contribution in [0.25, 0.3) is 0 Å². The summed E-state index contributed by atoms with van der Waals surface area (Å²) < 4.78 is 15.6. The van der Waals surface area contributed by atoms with Crippen molar-refractivity contribution in [1.82, 2.24) is 14.5 Å². The van der Waals surface area contributed by atoms with Gasteiger partial charge in [0, 0.05) is 25.5 Å². The third kappa shape index (κ3) is 1.95. The number of hydrogen-bond donors (Lipinski definition) is 1. The van der Waals surface area contributed by atoms with Crippen LogP contribution in [0.1, 0.15) is 16.2 Å². The molecular weight excluding hydrogens is 249 g/mol. The van der Waals surface area contributed by atoms with E-state index in [1.165, 1.54) is 17.0 Å². The zero-order valence-corrected chi connectivity index (χ0v) is 10.1. The van der Waals surface area contributed by atoms with Crippen molar-refractivity contribution in [2.75, 3.05) is 6.54 Å². The van der Waals surface area contributed by atoms with Crippen molar-refractivity contribution in [3.05, 3.63) is 47.8 Å². The average molecular weight is 261 g/mol. The first-order valence-electron chi connectivity index (χ1n) is 5.93. The Kier molecular flexibility index (Phi) is 2.70. The van der Waals surface area contributed by atoms with Gasteiger partial charge in [0.1, 0.15) is 23.0 Å². The number of hydrogen-bond acceptors (Lipinski definition) is 3. The van der Waals surface area contributed by atoms with Crippen LogP contribution < -0.4 is 0 Å². The molecule has 0 radical (unpaired) electrons. The average Bonchev–Trinajstić information content (AvgIpc) is 2.85. The molecule has 6 heteroatoms. The van der Waals surface area contributed by atoms with Gasteiger partial charge in [0.15, 0.2) is 0 Å². The van der Waals surface area contributed by atoms with Gasteiger partial charge in [-0.3, -0.25) is 4.79 Å². The smallest absolute Gasteiger partial charge is 0.261 e. The Balaban J connectivity index is 1.90.